The molecule has 0 fully saturated rings. The lowest BCUT2D eigenvalue weighted by atomic mass is 10.1. The fourth-order valence-corrected chi connectivity index (χ4v) is 3.96. The molecule has 2 rings (SSSR count). The third-order valence-electron chi connectivity index (χ3n) is 4.58. The summed E-state index contributed by atoms with van der Waals surface area (Å²) in [5, 5.41) is 1.51. The monoisotopic (exact) mass is 430 g/mol. The van der Waals surface area contributed by atoms with Crippen molar-refractivity contribution in [3.63, 3.8) is 0 Å². The van der Waals surface area contributed by atoms with Gasteiger partial charge in [0, 0.05) is 25.7 Å². The van der Waals surface area contributed by atoms with Crippen LogP contribution in [0.2, 0.25) is 0 Å². The first-order chi connectivity index (χ1) is 14.3. The zero-order valence-corrected chi connectivity index (χ0v) is 19.0. The standard InChI is InChI=1S/C23H30N2O4S/c1-17-9-7-6-8-16-30-22(19-10-12-20(28-5)13-11-19)21(29-18(2)26)23(27)25(17)15-14-24(3)4/h6-13,16,21-22H,14-15H2,1-5H3/b7-6-,16-8+,17-9+. The van der Waals surface area contributed by atoms with Crippen LogP contribution in [0.15, 0.2) is 59.7 Å². The van der Waals surface area contributed by atoms with E-state index in [-0.39, 0.29) is 5.91 Å². The van der Waals surface area contributed by atoms with Crippen molar-refractivity contribution in [2.45, 2.75) is 25.2 Å². The highest BCUT2D eigenvalue weighted by Gasteiger charge is 2.36. The first-order valence-electron chi connectivity index (χ1n) is 9.76. The summed E-state index contributed by atoms with van der Waals surface area (Å²) in [6.45, 7) is 4.40. The van der Waals surface area contributed by atoms with Crippen molar-refractivity contribution < 1.29 is 19.1 Å². The van der Waals surface area contributed by atoms with Gasteiger partial charge < -0.3 is 19.3 Å². The molecule has 0 saturated heterocycles. The van der Waals surface area contributed by atoms with Crippen LogP contribution in [0.5, 0.6) is 5.75 Å². The lowest BCUT2D eigenvalue weighted by Gasteiger charge is -2.32. The highest BCUT2D eigenvalue weighted by atomic mass is 32.2. The minimum absolute atomic E-state index is 0.238. The summed E-state index contributed by atoms with van der Waals surface area (Å²) in [6, 6.07) is 7.48. The molecule has 1 aromatic carbocycles. The van der Waals surface area contributed by atoms with E-state index in [0.29, 0.717) is 13.1 Å². The van der Waals surface area contributed by atoms with Crippen LogP contribution in [-0.4, -0.2) is 62.1 Å². The normalized spacial score (nSPS) is 23.9. The first kappa shape index (κ1) is 23.8. The van der Waals surface area contributed by atoms with Gasteiger partial charge in [0.2, 0.25) is 0 Å². The van der Waals surface area contributed by atoms with Crippen LogP contribution in [0.4, 0.5) is 0 Å². The van der Waals surface area contributed by atoms with Crippen molar-refractivity contribution in [1.82, 2.24) is 9.80 Å². The number of amides is 1. The van der Waals surface area contributed by atoms with Gasteiger partial charge >= 0.3 is 5.97 Å². The second kappa shape index (κ2) is 11.6. The molecule has 1 heterocycles. The number of rotatable bonds is 6. The number of carbonyl (C=O) groups is 2. The first-order valence-corrected chi connectivity index (χ1v) is 10.7. The van der Waals surface area contributed by atoms with Crippen LogP contribution in [-0.2, 0) is 14.3 Å². The molecule has 1 aromatic rings. The number of methoxy groups -OCH3 is 1. The summed E-state index contributed by atoms with van der Waals surface area (Å²) in [4.78, 5) is 29.3. The van der Waals surface area contributed by atoms with Gasteiger partial charge in [-0.1, -0.05) is 30.4 Å². The van der Waals surface area contributed by atoms with Crippen LogP contribution in [0.25, 0.3) is 0 Å². The van der Waals surface area contributed by atoms with Crippen molar-refractivity contribution in [2.75, 3.05) is 34.3 Å². The Balaban J connectivity index is 2.51. The van der Waals surface area contributed by atoms with E-state index in [4.69, 9.17) is 9.47 Å². The van der Waals surface area contributed by atoms with Gasteiger partial charge in [0.15, 0.2) is 6.10 Å². The number of carbonyl (C=O) groups excluding carboxylic acids is 2. The zero-order chi connectivity index (χ0) is 22.1. The quantitative estimate of drug-likeness (QED) is 0.640. The maximum absolute atomic E-state index is 13.6. The number of likely N-dealkylation sites (N-methyl/N-ethyl adjacent to an activating group) is 1. The van der Waals surface area contributed by atoms with Gasteiger partial charge in [-0.25, -0.2) is 0 Å². The van der Waals surface area contributed by atoms with Gasteiger partial charge in [-0.2, -0.15) is 0 Å². The van der Waals surface area contributed by atoms with Crippen LogP contribution < -0.4 is 4.74 Å². The summed E-state index contributed by atoms with van der Waals surface area (Å²) in [5.41, 5.74) is 1.67. The van der Waals surface area contributed by atoms with Crippen molar-refractivity contribution >= 4 is 23.6 Å². The van der Waals surface area contributed by atoms with E-state index in [2.05, 4.69) is 0 Å². The molecule has 2 atom stereocenters. The second-order valence-corrected chi connectivity index (χ2v) is 8.23. The summed E-state index contributed by atoms with van der Waals surface area (Å²) in [7, 11) is 5.52. The molecule has 0 N–H and O–H groups in total. The van der Waals surface area contributed by atoms with Crippen LogP contribution in [0, 0.1) is 0 Å². The summed E-state index contributed by atoms with van der Waals surface area (Å²) < 4.78 is 10.9. The number of esters is 1. The molecule has 0 aromatic heterocycles. The molecular weight excluding hydrogens is 400 g/mol. The molecule has 1 amide bonds. The fourth-order valence-electron chi connectivity index (χ4n) is 2.98. The van der Waals surface area contributed by atoms with Gasteiger partial charge in [0.05, 0.1) is 12.4 Å². The Morgan fingerprint density at radius 3 is 2.47 bits per heavy atom. The Kier molecular flexibility index (Phi) is 9.20. The molecule has 0 saturated carbocycles. The lowest BCUT2D eigenvalue weighted by Crippen LogP contribution is -2.45. The van der Waals surface area contributed by atoms with Gasteiger partial charge in [-0.05, 0) is 50.2 Å². The van der Waals surface area contributed by atoms with Crippen LogP contribution >= 0.6 is 11.8 Å². The molecule has 0 spiro atoms. The highest BCUT2D eigenvalue weighted by Crippen LogP contribution is 2.37. The maximum atomic E-state index is 13.6. The van der Waals surface area contributed by atoms with Gasteiger partial charge in [0.25, 0.3) is 5.91 Å². The van der Waals surface area contributed by atoms with Crippen molar-refractivity contribution in [2.24, 2.45) is 0 Å². The van der Waals surface area contributed by atoms with Crippen LogP contribution in [0.3, 0.4) is 0 Å². The van der Waals surface area contributed by atoms with Crippen molar-refractivity contribution in [3.8, 4) is 5.75 Å². The highest BCUT2D eigenvalue weighted by molar-refractivity contribution is 8.02. The topological polar surface area (TPSA) is 59.1 Å². The largest absolute Gasteiger partial charge is 0.497 e. The molecule has 7 heteroatoms. The van der Waals surface area contributed by atoms with Gasteiger partial charge in [-0.15, -0.1) is 11.8 Å². The molecule has 2 unspecified atom stereocenters. The molecule has 1 aliphatic heterocycles. The van der Waals surface area contributed by atoms with Crippen molar-refractivity contribution in [3.05, 3.63) is 65.2 Å². The van der Waals surface area contributed by atoms with Crippen LogP contribution in [0.1, 0.15) is 24.7 Å². The maximum Gasteiger partial charge on any atom is 0.303 e. The average molecular weight is 431 g/mol. The molecule has 1 aliphatic rings. The van der Waals surface area contributed by atoms with Gasteiger partial charge in [0.1, 0.15) is 5.75 Å². The number of nitrogens with zero attached hydrogens (tertiary/aromatic N) is 2. The molecule has 30 heavy (non-hydrogen) atoms. The third-order valence-corrected chi connectivity index (χ3v) is 5.71. The minimum Gasteiger partial charge on any atom is -0.497 e. The predicted octanol–water partition coefficient (Wildman–Crippen LogP) is 3.78. The van der Waals surface area contributed by atoms with E-state index in [1.807, 2.05) is 79.9 Å². The molecule has 0 bridgehead atoms. The molecule has 162 valence electrons. The molecule has 6 nitrogen and oxygen atoms in total. The molecule has 0 radical (unpaired) electrons. The average Bonchev–Trinajstić information content (AvgIpc) is 2.73. The smallest absolute Gasteiger partial charge is 0.303 e. The molecular formula is C23H30N2O4S. The Hall–Kier alpha value is -2.51. The van der Waals surface area contributed by atoms with E-state index >= 15 is 0 Å². The third kappa shape index (κ3) is 6.78. The second-order valence-electron chi connectivity index (χ2n) is 7.17. The lowest BCUT2D eigenvalue weighted by molar-refractivity contribution is -0.157. The Morgan fingerprint density at radius 2 is 1.87 bits per heavy atom. The number of allylic oxidation sites excluding steroid dienone is 5. The number of benzene rings is 1. The van der Waals surface area contributed by atoms with E-state index < -0.39 is 17.3 Å². The fraction of sp³-hybridized carbons (Fsp3) is 0.391. The Labute approximate surface area is 183 Å². The number of hydrogen-bond donors (Lipinski definition) is 0. The zero-order valence-electron chi connectivity index (χ0n) is 18.2. The van der Waals surface area contributed by atoms with E-state index in [1.54, 1.807) is 12.0 Å². The Morgan fingerprint density at radius 1 is 1.17 bits per heavy atom. The number of ether oxygens (including phenoxy) is 2. The number of thioether (sulfide) groups is 1. The number of hydrogen-bond acceptors (Lipinski definition) is 6. The minimum atomic E-state index is -0.964. The SMILES string of the molecule is COc1ccc(C2S/C=C/C=C\C=C(/C)N(CCN(C)C)C(=O)C2OC(C)=O)cc1. The summed E-state index contributed by atoms with van der Waals surface area (Å²) >= 11 is 1.45. The van der Waals surface area contributed by atoms with E-state index in [1.165, 1.54) is 18.7 Å². The van der Waals surface area contributed by atoms with Crippen molar-refractivity contribution in [1.29, 1.82) is 0 Å². The van der Waals surface area contributed by atoms with E-state index in [9.17, 15) is 9.59 Å². The molecule has 0 aliphatic carbocycles. The predicted molar refractivity (Wildman–Crippen MR) is 121 cm³/mol. The Bertz CT molecular complexity index is 815. The van der Waals surface area contributed by atoms with Gasteiger partial charge in [-0.3, -0.25) is 9.59 Å². The summed E-state index contributed by atoms with van der Waals surface area (Å²) in [6.07, 6.45) is 6.66. The summed E-state index contributed by atoms with van der Waals surface area (Å²) in [5.74, 6) is -0.00269. The van der Waals surface area contributed by atoms with E-state index in [0.717, 1.165) is 17.0 Å².